The van der Waals surface area contributed by atoms with Gasteiger partial charge in [0.2, 0.25) is 0 Å². The average Bonchev–Trinajstić information content (AvgIpc) is 2.17. The highest BCUT2D eigenvalue weighted by molar-refractivity contribution is 5.90. The molecule has 1 aliphatic rings. The van der Waals surface area contributed by atoms with Crippen molar-refractivity contribution in [3.63, 3.8) is 0 Å². The van der Waals surface area contributed by atoms with Crippen molar-refractivity contribution < 1.29 is 14.3 Å². The first-order chi connectivity index (χ1) is 6.69. The van der Waals surface area contributed by atoms with Crippen LogP contribution in [0.15, 0.2) is 23.0 Å². The first-order valence-electron chi connectivity index (χ1n) is 4.80. The van der Waals surface area contributed by atoms with Gasteiger partial charge in [0.25, 0.3) is 0 Å². The second-order valence-electron chi connectivity index (χ2n) is 3.20. The summed E-state index contributed by atoms with van der Waals surface area (Å²) in [5, 5.41) is 0. The molecule has 0 aromatic heterocycles. The van der Waals surface area contributed by atoms with Crippen LogP contribution in [0.5, 0.6) is 0 Å². The Balaban J connectivity index is 2.79. The van der Waals surface area contributed by atoms with Gasteiger partial charge in [0.05, 0.1) is 19.5 Å². The van der Waals surface area contributed by atoms with Crippen molar-refractivity contribution in [2.45, 2.75) is 26.7 Å². The van der Waals surface area contributed by atoms with Crippen LogP contribution in [-0.2, 0) is 14.3 Å². The number of hydrogen-bond acceptors (Lipinski definition) is 3. The van der Waals surface area contributed by atoms with Crippen LogP contribution in [0.3, 0.4) is 0 Å². The van der Waals surface area contributed by atoms with Gasteiger partial charge in [-0.15, -0.1) is 0 Å². The van der Waals surface area contributed by atoms with Gasteiger partial charge in [-0.1, -0.05) is 0 Å². The van der Waals surface area contributed by atoms with Crippen molar-refractivity contribution in [1.82, 2.24) is 0 Å². The standard InChI is InChI=1S/C11H16O3/c1-4-14-11(12)10-6-5-9(13-3)7-8(10)2/h7H,4-6H2,1-3H3. The molecule has 0 fully saturated rings. The van der Waals surface area contributed by atoms with E-state index in [-0.39, 0.29) is 5.97 Å². The minimum Gasteiger partial charge on any atom is -0.501 e. The molecule has 0 bridgehead atoms. The second kappa shape index (κ2) is 4.84. The summed E-state index contributed by atoms with van der Waals surface area (Å²) >= 11 is 0. The summed E-state index contributed by atoms with van der Waals surface area (Å²) in [5.74, 6) is 0.729. The Morgan fingerprint density at radius 1 is 1.50 bits per heavy atom. The Kier molecular flexibility index (Phi) is 3.74. The molecular weight excluding hydrogens is 180 g/mol. The van der Waals surface area contributed by atoms with E-state index in [4.69, 9.17) is 9.47 Å². The van der Waals surface area contributed by atoms with Gasteiger partial charge in [-0.2, -0.15) is 0 Å². The molecule has 0 saturated heterocycles. The van der Waals surface area contributed by atoms with Gasteiger partial charge in [0.1, 0.15) is 0 Å². The van der Waals surface area contributed by atoms with Crippen molar-refractivity contribution in [2.24, 2.45) is 0 Å². The van der Waals surface area contributed by atoms with Crippen molar-refractivity contribution >= 4 is 5.97 Å². The minimum absolute atomic E-state index is 0.198. The molecule has 3 heteroatoms. The third kappa shape index (κ3) is 2.37. The van der Waals surface area contributed by atoms with E-state index in [9.17, 15) is 4.79 Å². The first kappa shape index (κ1) is 10.8. The van der Waals surface area contributed by atoms with Gasteiger partial charge >= 0.3 is 5.97 Å². The molecule has 0 heterocycles. The number of methoxy groups -OCH3 is 1. The fourth-order valence-electron chi connectivity index (χ4n) is 1.49. The third-order valence-corrected chi connectivity index (χ3v) is 2.26. The molecule has 78 valence electrons. The first-order valence-corrected chi connectivity index (χ1v) is 4.80. The van der Waals surface area contributed by atoms with E-state index in [1.807, 2.05) is 19.9 Å². The summed E-state index contributed by atoms with van der Waals surface area (Å²) in [6.45, 7) is 4.15. The van der Waals surface area contributed by atoms with Crippen LogP contribution in [-0.4, -0.2) is 19.7 Å². The van der Waals surface area contributed by atoms with E-state index >= 15 is 0 Å². The van der Waals surface area contributed by atoms with E-state index in [1.165, 1.54) is 0 Å². The lowest BCUT2D eigenvalue weighted by Crippen LogP contribution is -2.12. The lowest BCUT2D eigenvalue weighted by atomic mass is 9.97. The number of allylic oxidation sites excluding steroid dienone is 3. The molecule has 0 aromatic carbocycles. The maximum Gasteiger partial charge on any atom is 0.334 e. The molecule has 0 amide bonds. The summed E-state index contributed by atoms with van der Waals surface area (Å²) in [4.78, 5) is 11.5. The molecule has 0 atom stereocenters. The smallest absolute Gasteiger partial charge is 0.334 e. The normalized spacial score (nSPS) is 16.4. The molecule has 0 aliphatic heterocycles. The molecule has 0 saturated carbocycles. The summed E-state index contributed by atoms with van der Waals surface area (Å²) in [5.41, 5.74) is 1.72. The Hall–Kier alpha value is -1.25. The van der Waals surface area contributed by atoms with Crippen LogP contribution in [0.4, 0.5) is 0 Å². The number of hydrogen-bond donors (Lipinski definition) is 0. The lowest BCUT2D eigenvalue weighted by Gasteiger charge is -2.16. The molecule has 1 aliphatic carbocycles. The van der Waals surface area contributed by atoms with Gasteiger partial charge in [-0.25, -0.2) is 4.79 Å². The van der Waals surface area contributed by atoms with E-state index in [0.29, 0.717) is 13.0 Å². The molecule has 0 N–H and O–H groups in total. The lowest BCUT2D eigenvalue weighted by molar-refractivity contribution is -0.138. The van der Waals surface area contributed by atoms with Gasteiger partial charge in [0, 0.05) is 12.0 Å². The molecule has 3 nitrogen and oxygen atoms in total. The van der Waals surface area contributed by atoms with Gasteiger partial charge in [-0.05, 0) is 31.9 Å². The zero-order chi connectivity index (χ0) is 10.6. The van der Waals surface area contributed by atoms with Gasteiger partial charge < -0.3 is 9.47 Å². The third-order valence-electron chi connectivity index (χ3n) is 2.26. The average molecular weight is 196 g/mol. The highest BCUT2D eigenvalue weighted by Crippen LogP contribution is 2.24. The summed E-state index contributed by atoms with van der Waals surface area (Å²) < 4.78 is 10.1. The fourth-order valence-corrected chi connectivity index (χ4v) is 1.49. The topological polar surface area (TPSA) is 35.5 Å². The Morgan fingerprint density at radius 2 is 2.21 bits per heavy atom. The zero-order valence-electron chi connectivity index (χ0n) is 8.92. The molecule has 1 rings (SSSR count). The Morgan fingerprint density at radius 3 is 2.71 bits per heavy atom. The molecule has 0 aromatic rings. The van der Waals surface area contributed by atoms with E-state index in [2.05, 4.69) is 0 Å². The van der Waals surface area contributed by atoms with Crippen molar-refractivity contribution in [1.29, 1.82) is 0 Å². The van der Waals surface area contributed by atoms with Crippen molar-refractivity contribution in [2.75, 3.05) is 13.7 Å². The number of carbonyl (C=O) groups is 1. The molecule has 0 unspecified atom stereocenters. The summed E-state index contributed by atoms with van der Waals surface area (Å²) in [6, 6.07) is 0. The van der Waals surface area contributed by atoms with Crippen LogP contribution in [0.25, 0.3) is 0 Å². The summed E-state index contributed by atoms with van der Waals surface area (Å²) in [6.07, 6.45) is 3.39. The van der Waals surface area contributed by atoms with E-state index in [1.54, 1.807) is 7.11 Å². The van der Waals surface area contributed by atoms with Gasteiger partial charge in [0.15, 0.2) is 0 Å². The molecular formula is C11H16O3. The van der Waals surface area contributed by atoms with Crippen LogP contribution in [0.2, 0.25) is 0 Å². The number of esters is 1. The predicted octanol–water partition coefficient (Wildman–Crippen LogP) is 2.19. The maximum absolute atomic E-state index is 11.5. The minimum atomic E-state index is -0.198. The molecule has 0 spiro atoms. The Labute approximate surface area is 84.4 Å². The van der Waals surface area contributed by atoms with Crippen LogP contribution < -0.4 is 0 Å². The number of carbonyl (C=O) groups excluding carboxylic acids is 1. The predicted molar refractivity (Wildman–Crippen MR) is 53.7 cm³/mol. The van der Waals surface area contributed by atoms with Gasteiger partial charge in [-0.3, -0.25) is 0 Å². The van der Waals surface area contributed by atoms with Crippen molar-refractivity contribution in [3.8, 4) is 0 Å². The highest BCUT2D eigenvalue weighted by Gasteiger charge is 2.18. The zero-order valence-corrected chi connectivity index (χ0v) is 8.92. The SMILES string of the molecule is CCOC(=O)C1=C(C)C=C(OC)CC1. The van der Waals surface area contributed by atoms with E-state index < -0.39 is 0 Å². The second-order valence-corrected chi connectivity index (χ2v) is 3.20. The number of rotatable bonds is 3. The number of ether oxygens (including phenoxy) is 2. The highest BCUT2D eigenvalue weighted by atomic mass is 16.5. The maximum atomic E-state index is 11.5. The Bertz CT molecular complexity index is 287. The quantitative estimate of drug-likeness (QED) is 0.649. The largest absolute Gasteiger partial charge is 0.501 e. The van der Waals surface area contributed by atoms with Crippen LogP contribution in [0.1, 0.15) is 26.7 Å². The van der Waals surface area contributed by atoms with Crippen LogP contribution >= 0.6 is 0 Å². The molecule has 14 heavy (non-hydrogen) atoms. The van der Waals surface area contributed by atoms with E-state index in [0.717, 1.165) is 23.3 Å². The fraction of sp³-hybridized carbons (Fsp3) is 0.545. The van der Waals surface area contributed by atoms with Crippen LogP contribution in [0, 0.1) is 0 Å². The monoisotopic (exact) mass is 196 g/mol. The molecule has 0 radical (unpaired) electrons. The van der Waals surface area contributed by atoms with Crippen molar-refractivity contribution in [3.05, 3.63) is 23.0 Å². The summed E-state index contributed by atoms with van der Waals surface area (Å²) in [7, 11) is 1.65.